The number of aromatic nitrogens is 3. The molecule has 0 aliphatic rings. The molecule has 0 saturated heterocycles. The van der Waals surface area contributed by atoms with Crippen LogP contribution in [0.5, 0.6) is 0 Å². The number of para-hydroxylation sites is 3. The molecule has 0 aliphatic heterocycles. The smallest absolute Gasteiger partial charge is 0.141 e. The standard InChI is InChI=1S/C48H30N3S3/c1-25-16-19-28-31(22-25)46-49(34-10-4-7-13-37(34)52-46)43-40(28)44-42(30-21-18-27(3)24-33(30)47-50(44)35-11-5-8-14-38(35)53-47)45-41(43)29-20-17-26(2)23-32(29)48-51(45)36-12-6-9-15-39(36)54-48/h4-24H,1-3H3/q+3. The van der Waals surface area contributed by atoms with Gasteiger partial charge < -0.3 is 0 Å². The van der Waals surface area contributed by atoms with Crippen molar-refractivity contribution in [3.8, 4) is 0 Å². The molecule has 0 saturated carbocycles. The van der Waals surface area contributed by atoms with Gasteiger partial charge in [0, 0.05) is 34.4 Å². The van der Waals surface area contributed by atoms with Crippen LogP contribution >= 0.6 is 34.0 Å². The zero-order chi connectivity index (χ0) is 35.6. The number of rotatable bonds is 0. The number of benzene rings is 7. The lowest BCUT2D eigenvalue weighted by Crippen LogP contribution is -2.29. The van der Waals surface area contributed by atoms with Gasteiger partial charge in [0.1, 0.15) is 30.3 Å². The lowest BCUT2D eigenvalue weighted by atomic mass is 9.92. The summed E-state index contributed by atoms with van der Waals surface area (Å²) in [5, 5.41) is 11.7. The molecule has 3 nitrogen and oxygen atoms in total. The Bertz CT molecular complexity index is 3450. The van der Waals surface area contributed by atoms with Crippen molar-refractivity contribution in [3.05, 3.63) is 144 Å². The minimum atomic E-state index is 1.25. The molecule has 0 radical (unpaired) electrons. The van der Waals surface area contributed by atoms with E-state index in [1.165, 1.54) is 127 Å². The number of hydrogen-bond acceptors (Lipinski definition) is 3. The maximum atomic E-state index is 2.62. The monoisotopic (exact) mass is 744 g/mol. The van der Waals surface area contributed by atoms with Gasteiger partial charge in [-0.3, -0.25) is 0 Å². The van der Waals surface area contributed by atoms with Gasteiger partial charge in [-0.25, -0.2) is 0 Å². The predicted molar refractivity (Wildman–Crippen MR) is 231 cm³/mol. The van der Waals surface area contributed by atoms with Gasteiger partial charge in [0.05, 0.1) is 16.2 Å². The zero-order valence-corrected chi connectivity index (χ0v) is 32.1. The van der Waals surface area contributed by atoms with Crippen molar-refractivity contribution < 1.29 is 13.2 Å². The first-order valence-electron chi connectivity index (χ1n) is 18.4. The van der Waals surface area contributed by atoms with Crippen LogP contribution in [0.1, 0.15) is 16.7 Å². The van der Waals surface area contributed by atoms with E-state index < -0.39 is 0 Å². The maximum Gasteiger partial charge on any atom is 0.276 e. The molecule has 252 valence electrons. The Hall–Kier alpha value is -5.79. The van der Waals surface area contributed by atoms with Crippen molar-refractivity contribution >= 4 is 144 Å². The number of aryl methyl sites for hydroxylation is 3. The third-order valence-corrected chi connectivity index (χ3v) is 15.1. The molecule has 0 spiro atoms. The van der Waals surface area contributed by atoms with Crippen molar-refractivity contribution in [2.75, 3.05) is 0 Å². The van der Waals surface area contributed by atoms with E-state index in [9.17, 15) is 0 Å². The summed E-state index contributed by atoms with van der Waals surface area (Å²) in [5.41, 5.74) is 11.4. The SMILES string of the molecule is Cc1ccc2c(c1)c1sc3ccccc3[n+]1c1c3c4ccc(C)cc4c4sc5ccccc5[n+]4c3c3c4ccc(C)cc4c4sc5ccccc5[n+]4c3c21. The zero-order valence-electron chi connectivity index (χ0n) is 29.7. The van der Waals surface area contributed by atoms with E-state index in [1.54, 1.807) is 0 Å². The van der Waals surface area contributed by atoms with Crippen molar-refractivity contribution in [2.45, 2.75) is 20.8 Å². The molecule has 0 fully saturated rings. The van der Waals surface area contributed by atoms with Crippen LogP contribution in [0.2, 0.25) is 0 Å². The van der Waals surface area contributed by atoms with Gasteiger partial charge in [-0.1, -0.05) is 123 Å². The molecule has 54 heavy (non-hydrogen) atoms. The van der Waals surface area contributed by atoms with Crippen molar-refractivity contribution in [2.24, 2.45) is 0 Å². The Kier molecular flexibility index (Phi) is 5.62. The van der Waals surface area contributed by atoms with Crippen LogP contribution in [0.4, 0.5) is 0 Å². The van der Waals surface area contributed by atoms with Gasteiger partial charge in [-0.05, 0) is 57.2 Å². The minimum Gasteiger partial charge on any atom is -0.141 e. The molecule has 6 heteroatoms. The normalized spacial score (nSPS) is 12.7. The second-order valence-corrected chi connectivity index (χ2v) is 18.0. The summed E-state index contributed by atoms with van der Waals surface area (Å²) in [6, 6.07) is 48.4. The molecule has 0 bridgehead atoms. The average molecular weight is 745 g/mol. The van der Waals surface area contributed by atoms with Crippen LogP contribution in [0.25, 0.3) is 110 Å². The van der Waals surface area contributed by atoms with Crippen LogP contribution in [0.3, 0.4) is 0 Å². The number of nitrogens with zero attached hydrogens (tertiary/aromatic N) is 3. The van der Waals surface area contributed by atoms with Gasteiger partial charge in [0.2, 0.25) is 33.1 Å². The van der Waals surface area contributed by atoms with E-state index in [0.717, 1.165) is 0 Å². The van der Waals surface area contributed by atoms with Crippen LogP contribution < -0.4 is 13.2 Å². The molecule has 0 unspecified atom stereocenters. The first-order valence-corrected chi connectivity index (χ1v) is 20.9. The third kappa shape index (κ3) is 3.59. The van der Waals surface area contributed by atoms with Gasteiger partial charge >= 0.3 is 0 Å². The van der Waals surface area contributed by atoms with Crippen LogP contribution in [0, 0.1) is 20.8 Å². The summed E-state index contributed by atoms with van der Waals surface area (Å²) >= 11 is 5.73. The molecule has 13 rings (SSSR count). The largest absolute Gasteiger partial charge is 0.276 e. The summed E-state index contributed by atoms with van der Waals surface area (Å²) in [6.45, 7) is 6.68. The highest BCUT2D eigenvalue weighted by atomic mass is 32.1. The van der Waals surface area contributed by atoms with Crippen molar-refractivity contribution in [1.29, 1.82) is 0 Å². The summed E-state index contributed by atoms with van der Waals surface area (Å²) in [5.74, 6) is 0. The average Bonchev–Trinajstić information content (AvgIpc) is 3.90. The van der Waals surface area contributed by atoms with Crippen LogP contribution in [-0.4, -0.2) is 0 Å². The molecule has 6 heterocycles. The second-order valence-electron chi connectivity index (χ2n) is 14.9. The van der Waals surface area contributed by atoms with E-state index in [2.05, 4.69) is 161 Å². The van der Waals surface area contributed by atoms with E-state index in [-0.39, 0.29) is 0 Å². The van der Waals surface area contributed by atoms with Gasteiger partial charge in [-0.15, -0.1) is 13.2 Å². The fourth-order valence-corrected chi connectivity index (χ4v) is 13.0. The Morgan fingerprint density at radius 2 is 0.630 bits per heavy atom. The molecule has 0 N–H and O–H groups in total. The summed E-state index contributed by atoms with van der Waals surface area (Å²) in [4.78, 5) is 3.87. The second kappa shape index (κ2) is 10.2. The Balaban J connectivity index is 1.55. The van der Waals surface area contributed by atoms with Crippen molar-refractivity contribution in [1.82, 2.24) is 0 Å². The Morgan fingerprint density at radius 3 is 0.944 bits per heavy atom. The Labute approximate surface area is 320 Å². The van der Waals surface area contributed by atoms with E-state index in [1.807, 2.05) is 34.0 Å². The van der Waals surface area contributed by atoms with Crippen LogP contribution in [0.15, 0.2) is 127 Å². The highest BCUT2D eigenvalue weighted by Gasteiger charge is 2.38. The summed E-state index contributed by atoms with van der Waals surface area (Å²) < 4.78 is 11.8. The molecular weight excluding hydrogens is 715 g/mol. The third-order valence-electron chi connectivity index (χ3n) is 11.7. The van der Waals surface area contributed by atoms with Gasteiger partial charge in [-0.2, -0.15) is 0 Å². The molecule has 7 aromatic carbocycles. The van der Waals surface area contributed by atoms with E-state index in [0.29, 0.717) is 0 Å². The summed E-state index contributed by atoms with van der Waals surface area (Å²) in [6.07, 6.45) is 0. The number of fused-ring (bicyclic) bond motifs is 27. The quantitative estimate of drug-likeness (QED) is 0.108. The molecule has 0 amide bonds. The first kappa shape index (κ1) is 29.6. The number of hydrogen-bond donors (Lipinski definition) is 0. The molecule has 0 atom stereocenters. The first-order chi connectivity index (χ1) is 26.5. The van der Waals surface area contributed by atoms with Gasteiger partial charge in [0.15, 0.2) is 0 Å². The maximum absolute atomic E-state index is 2.62. The van der Waals surface area contributed by atoms with Crippen LogP contribution in [-0.2, 0) is 0 Å². The summed E-state index contributed by atoms with van der Waals surface area (Å²) in [7, 11) is 0. The molecule has 6 aromatic heterocycles. The lowest BCUT2D eigenvalue weighted by Gasteiger charge is -2.11. The highest BCUT2D eigenvalue weighted by molar-refractivity contribution is 7.25. The molecular formula is C48H30N3S3+3. The Morgan fingerprint density at radius 1 is 0.333 bits per heavy atom. The number of pyridine rings is 3. The highest BCUT2D eigenvalue weighted by Crippen LogP contribution is 2.46. The lowest BCUT2D eigenvalue weighted by molar-refractivity contribution is -0.452. The van der Waals surface area contributed by atoms with Gasteiger partial charge in [0.25, 0.3) is 14.5 Å². The van der Waals surface area contributed by atoms with E-state index >= 15 is 0 Å². The van der Waals surface area contributed by atoms with E-state index in [4.69, 9.17) is 0 Å². The predicted octanol–water partition coefficient (Wildman–Crippen LogP) is 12.4. The fourth-order valence-electron chi connectivity index (χ4n) is 9.46. The molecule has 13 aromatic rings. The topological polar surface area (TPSA) is 12.3 Å². The molecule has 0 aliphatic carbocycles. The van der Waals surface area contributed by atoms with Crippen molar-refractivity contribution in [3.63, 3.8) is 0 Å². The number of thiazole rings is 3. The fraction of sp³-hybridized carbons (Fsp3) is 0.0625. The minimum absolute atomic E-state index is 1.25.